The van der Waals surface area contributed by atoms with Gasteiger partial charge in [0, 0.05) is 12.2 Å². The molecule has 128 valence electrons. The Kier molecular flexibility index (Phi) is 5.95. The van der Waals surface area contributed by atoms with Crippen LogP contribution in [0.15, 0.2) is 23.4 Å². The molecule has 0 unspecified atom stereocenters. The van der Waals surface area contributed by atoms with Crippen molar-refractivity contribution in [2.45, 2.75) is 50.4 Å². The first-order valence-electron chi connectivity index (χ1n) is 7.73. The maximum atomic E-state index is 12.5. The van der Waals surface area contributed by atoms with E-state index in [2.05, 4.69) is 24.1 Å². The van der Waals surface area contributed by atoms with Crippen LogP contribution in [0.5, 0.6) is 0 Å². The monoisotopic (exact) mass is 346 g/mol. The van der Waals surface area contributed by atoms with Gasteiger partial charge >= 0.3 is 6.18 Å². The van der Waals surface area contributed by atoms with Gasteiger partial charge in [0.25, 0.3) is 5.91 Å². The number of amides is 1. The van der Waals surface area contributed by atoms with E-state index < -0.39 is 11.9 Å². The molecular formula is C16H21F3N2OS. The number of carbonyl (C=O) groups is 1. The zero-order valence-corrected chi connectivity index (χ0v) is 14.0. The molecule has 1 fully saturated rings. The molecule has 23 heavy (non-hydrogen) atoms. The molecule has 1 amide bonds. The van der Waals surface area contributed by atoms with Crippen LogP contribution in [-0.4, -0.2) is 28.9 Å². The number of hydrogen-bond acceptors (Lipinski definition) is 3. The first kappa shape index (κ1) is 18.1. The average Bonchev–Trinajstić information content (AvgIpc) is 2.49. The highest BCUT2D eigenvalue weighted by Crippen LogP contribution is 2.31. The minimum absolute atomic E-state index is 0.0620. The van der Waals surface area contributed by atoms with Crippen molar-refractivity contribution in [1.29, 1.82) is 0 Å². The summed E-state index contributed by atoms with van der Waals surface area (Å²) in [6.45, 7) is 4.27. The number of aromatic nitrogens is 1. The molecule has 0 radical (unpaired) electrons. The van der Waals surface area contributed by atoms with Crippen molar-refractivity contribution in [2.75, 3.05) is 5.75 Å². The fourth-order valence-corrected chi connectivity index (χ4v) is 3.61. The van der Waals surface area contributed by atoms with Crippen molar-refractivity contribution in [3.05, 3.63) is 23.9 Å². The molecule has 7 heteroatoms. The summed E-state index contributed by atoms with van der Waals surface area (Å²) in [7, 11) is 0. The molecule has 3 atom stereocenters. The summed E-state index contributed by atoms with van der Waals surface area (Å²) in [5.74, 6) is -0.507. The summed E-state index contributed by atoms with van der Waals surface area (Å²) >= 11 is 0.549. The van der Waals surface area contributed by atoms with Crippen molar-refractivity contribution in [3.8, 4) is 0 Å². The van der Waals surface area contributed by atoms with Crippen molar-refractivity contribution >= 4 is 17.7 Å². The summed E-state index contributed by atoms with van der Waals surface area (Å²) in [5.41, 5.74) is 0.215. The highest BCUT2D eigenvalue weighted by atomic mass is 32.2. The van der Waals surface area contributed by atoms with Crippen molar-refractivity contribution in [2.24, 2.45) is 11.8 Å². The van der Waals surface area contributed by atoms with Gasteiger partial charge in [-0.3, -0.25) is 4.79 Å². The number of pyridine rings is 1. The van der Waals surface area contributed by atoms with Gasteiger partial charge in [0.2, 0.25) is 0 Å². The molecule has 3 nitrogen and oxygen atoms in total. The summed E-state index contributed by atoms with van der Waals surface area (Å²) < 4.78 is 37.2. The number of halogens is 3. The normalized spacial score (nSPS) is 25.2. The number of nitrogens with zero attached hydrogens (tertiary/aromatic N) is 1. The van der Waals surface area contributed by atoms with Crippen LogP contribution in [0.3, 0.4) is 0 Å². The first-order valence-corrected chi connectivity index (χ1v) is 8.72. The minimum Gasteiger partial charge on any atom is -0.349 e. The van der Waals surface area contributed by atoms with E-state index in [9.17, 15) is 18.0 Å². The molecule has 2 rings (SSSR count). The van der Waals surface area contributed by atoms with E-state index in [4.69, 9.17) is 0 Å². The van der Waals surface area contributed by atoms with Gasteiger partial charge in [-0.1, -0.05) is 38.5 Å². The zero-order valence-electron chi connectivity index (χ0n) is 13.2. The van der Waals surface area contributed by atoms with Gasteiger partial charge in [-0.2, -0.15) is 13.2 Å². The number of carbonyl (C=O) groups excluding carboxylic acids is 1. The van der Waals surface area contributed by atoms with E-state index in [-0.39, 0.29) is 22.5 Å². The fourth-order valence-electron chi connectivity index (χ4n) is 2.86. The molecule has 1 aliphatic rings. The predicted molar refractivity (Wildman–Crippen MR) is 84.4 cm³/mol. The van der Waals surface area contributed by atoms with Gasteiger partial charge in [-0.15, -0.1) is 0 Å². The van der Waals surface area contributed by atoms with E-state index in [1.807, 2.05) is 0 Å². The lowest BCUT2D eigenvalue weighted by Gasteiger charge is -2.34. The van der Waals surface area contributed by atoms with E-state index in [1.54, 1.807) is 6.07 Å². The Morgan fingerprint density at radius 3 is 2.83 bits per heavy atom. The van der Waals surface area contributed by atoms with E-state index in [1.165, 1.54) is 12.3 Å². The van der Waals surface area contributed by atoms with Gasteiger partial charge in [-0.25, -0.2) is 4.98 Å². The van der Waals surface area contributed by atoms with E-state index in [0.29, 0.717) is 23.6 Å². The van der Waals surface area contributed by atoms with Crippen molar-refractivity contribution < 1.29 is 18.0 Å². The molecule has 0 spiro atoms. The number of alkyl halides is 3. The maximum absolute atomic E-state index is 12.5. The quantitative estimate of drug-likeness (QED) is 0.827. The van der Waals surface area contributed by atoms with Crippen LogP contribution in [0.25, 0.3) is 0 Å². The summed E-state index contributed by atoms with van der Waals surface area (Å²) in [6.07, 6.45) is 0.221. The van der Waals surface area contributed by atoms with Gasteiger partial charge in [0.05, 0.1) is 11.3 Å². The van der Waals surface area contributed by atoms with Crippen LogP contribution in [0.2, 0.25) is 0 Å². The highest BCUT2D eigenvalue weighted by molar-refractivity contribution is 7.99. The number of rotatable bonds is 4. The van der Waals surface area contributed by atoms with Crippen LogP contribution in [0.1, 0.15) is 43.5 Å². The van der Waals surface area contributed by atoms with Crippen LogP contribution >= 0.6 is 11.8 Å². The molecule has 1 heterocycles. The van der Waals surface area contributed by atoms with Crippen LogP contribution < -0.4 is 5.32 Å². The molecular weight excluding hydrogens is 325 g/mol. The van der Waals surface area contributed by atoms with Gasteiger partial charge < -0.3 is 5.32 Å². The van der Waals surface area contributed by atoms with Crippen LogP contribution in [-0.2, 0) is 0 Å². The maximum Gasteiger partial charge on any atom is 0.398 e. The average molecular weight is 346 g/mol. The Morgan fingerprint density at radius 1 is 1.39 bits per heavy atom. The largest absolute Gasteiger partial charge is 0.398 e. The second-order valence-electron chi connectivity index (χ2n) is 6.11. The number of thioether (sulfide) groups is 1. The standard InChI is InChI=1S/C16H21F3N2OS/c1-10-5-3-7-13(11(10)2)21-14(22)12-6-4-8-20-15(12)23-9-16(17,18)19/h4,6,8,10-11,13H,3,5,7,9H2,1-2H3,(H,21,22)/t10-,11-,13-/m1/s1. The first-order chi connectivity index (χ1) is 10.8. The highest BCUT2D eigenvalue weighted by Gasteiger charge is 2.31. The van der Waals surface area contributed by atoms with Gasteiger partial charge in [0.15, 0.2) is 0 Å². The molecule has 1 N–H and O–H groups in total. The zero-order chi connectivity index (χ0) is 17.0. The molecule has 1 aromatic heterocycles. The Bertz CT molecular complexity index is 550. The smallest absolute Gasteiger partial charge is 0.349 e. The minimum atomic E-state index is -4.29. The van der Waals surface area contributed by atoms with Crippen molar-refractivity contribution in [1.82, 2.24) is 10.3 Å². The van der Waals surface area contributed by atoms with Gasteiger partial charge in [0.1, 0.15) is 5.03 Å². The van der Waals surface area contributed by atoms with Crippen LogP contribution in [0, 0.1) is 11.8 Å². The molecule has 0 aromatic carbocycles. The third kappa shape index (κ3) is 5.12. The fraction of sp³-hybridized carbons (Fsp3) is 0.625. The second kappa shape index (κ2) is 7.55. The Balaban J connectivity index is 2.07. The number of nitrogens with one attached hydrogen (secondary N) is 1. The molecule has 1 aromatic rings. The predicted octanol–water partition coefficient (Wildman–Crippen LogP) is 4.29. The third-order valence-electron chi connectivity index (χ3n) is 4.41. The molecule has 1 saturated carbocycles. The lowest BCUT2D eigenvalue weighted by Crippen LogP contribution is -2.43. The Hall–Kier alpha value is -1.24. The van der Waals surface area contributed by atoms with E-state index in [0.717, 1.165) is 19.3 Å². The molecule has 1 aliphatic carbocycles. The molecule has 0 saturated heterocycles. The summed E-state index contributed by atoms with van der Waals surface area (Å²) in [4.78, 5) is 16.4. The summed E-state index contributed by atoms with van der Waals surface area (Å²) in [6, 6.07) is 3.16. The molecule has 0 bridgehead atoms. The van der Waals surface area contributed by atoms with Crippen molar-refractivity contribution in [3.63, 3.8) is 0 Å². The topological polar surface area (TPSA) is 42.0 Å². The third-order valence-corrected chi connectivity index (χ3v) is 5.48. The Morgan fingerprint density at radius 2 is 2.13 bits per heavy atom. The summed E-state index contributed by atoms with van der Waals surface area (Å²) in [5, 5.41) is 3.10. The lowest BCUT2D eigenvalue weighted by atomic mass is 9.78. The van der Waals surface area contributed by atoms with Gasteiger partial charge in [-0.05, 0) is 30.4 Å². The lowest BCUT2D eigenvalue weighted by molar-refractivity contribution is -0.105. The van der Waals surface area contributed by atoms with E-state index >= 15 is 0 Å². The second-order valence-corrected chi connectivity index (χ2v) is 7.07. The molecule has 0 aliphatic heterocycles. The van der Waals surface area contributed by atoms with Crippen LogP contribution in [0.4, 0.5) is 13.2 Å². The SMILES string of the molecule is C[C@@H]1[C@H](C)CCC[C@H]1NC(=O)c1cccnc1SCC(F)(F)F. The number of hydrogen-bond donors (Lipinski definition) is 1. The Labute approximate surface area is 138 Å².